The van der Waals surface area contributed by atoms with Gasteiger partial charge in [0, 0.05) is 34.7 Å². The first-order chi connectivity index (χ1) is 17.5. The fourth-order valence-electron chi connectivity index (χ4n) is 4.33. The molecule has 0 unspecified atom stereocenters. The van der Waals surface area contributed by atoms with Gasteiger partial charge in [-0.2, -0.15) is 5.10 Å². The lowest BCUT2D eigenvalue weighted by Gasteiger charge is -2.19. The SMILES string of the molecule is CCCC(=O)c1c(-c2ccccc2)c2cc(Cl)ccc2c(=O)n1Cc1cc(S(C)(=O)=O)n(CC(=O)O)n1. The molecule has 0 amide bonds. The largest absolute Gasteiger partial charge is 0.480 e. The highest BCUT2D eigenvalue weighted by atomic mass is 35.5. The van der Waals surface area contributed by atoms with Crippen LogP contribution >= 0.6 is 11.6 Å². The van der Waals surface area contributed by atoms with E-state index in [2.05, 4.69) is 5.10 Å². The molecule has 9 nitrogen and oxygen atoms in total. The van der Waals surface area contributed by atoms with Gasteiger partial charge in [-0.1, -0.05) is 48.9 Å². The highest BCUT2D eigenvalue weighted by Crippen LogP contribution is 2.33. The van der Waals surface area contributed by atoms with Crippen LogP contribution in [0, 0.1) is 0 Å². The van der Waals surface area contributed by atoms with Crippen molar-refractivity contribution < 1.29 is 23.1 Å². The Morgan fingerprint density at radius 2 is 1.76 bits per heavy atom. The van der Waals surface area contributed by atoms with Crippen molar-refractivity contribution in [2.75, 3.05) is 6.26 Å². The van der Waals surface area contributed by atoms with Gasteiger partial charge in [-0.05, 0) is 35.6 Å². The van der Waals surface area contributed by atoms with Crippen LogP contribution in [-0.4, -0.2) is 45.9 Å². The molecule has 0 saturated heterocycles. The molecule has 37 heavy (non-hydrogen) atoms. The lowest BCUT2D eigenvalue weighted by molar-refractivity contribution is -0.138. The summed E-state index contributed by atoms with van der Waals surface area (Å²) in [5, 5.41) is 14.3. The quantitative estimate of drug-likeness (QED) is 0.317. The number of halogens is 1. The van der Waals surface area contributed by atoms with Gasteiger partial charge in [0.15, 0.2) is 20.6 Å². The smallest absolute Gasteiger partial charge is 0.325 e. The summed E-state index contributed by atoms with van der Waals surface area (Å²) in [5.74, 6) is -1.54. The highest BCUT2D eigenvalue weighted by molar-refractivity contribution is 7.90. The Kier molecular flexibility index (Phi) is 7.33. The van der Waals surface area contributed by atoms with Crippen molar-refractivity contribution in [3.05, 3.63) is 81.4 Å². The standard InChI is InChI=1S/C26H24ClN3O6S/c1-3-7-21(31)25-24(16-8-5-4-6-9-16)20-12-17(27)10-11-19(20)26(34)29(25)14-18-13-22(37(2,35)36)30(28-18)15-23(32)33/h4-6,8-13H,3,7,14-15H2,1-2H3,(H,32,33). The maximum Gasteiger partial charge on any atom is 0.325 e. The van der Waals surface area contributed by atoms with Gasteiger partial charge in [-0.15, -0.1) is 0 Å². The highest BCUT2D eigenvalue weighted by Gasteiger charge is 2.25. The predicted molar refractivity (Wildman–Crippen MR) is 140 cm³/mol. The average Bonchev–Trinajstić information content (AvgIpc) is 3.23. The molecule has 0 fully saturated rings. The zero-order chi connectivity index (χ0) is 26.9. The third-order valence-corrected chi connectivity index (χ3v) is 7.14. The van der Waals surface area contributed by atoms with Crippen LogP contribution in [0.5, 0.6) is 0 Å². The first-order valence-corrected chi connectivity index (χ1v) is 13.7. The second-order valence-corrected chi connectivity index (χ2v) is 11.0. The van der Waals surface area contributed by atoms with E-state index in [1.165, 1.54) is 10.6 Å². The second kappa shape index (κ2) is 10.3. The van der Waals surface area contributed by atoms with E-state index >= 15 is 0 Å². The van der Waals surface area contributed by atoms with Crippen LogP contribution in [0.2, 0.25) is 5.02 Å². The van der Waals surface area contributed by atoms with Crippen LogP contribution in [0.3, 0.4) is 0 Å². The number of carboxylic acids is 1. The predicted octanol–water partition coefficient (Wildman–Crippen LogP) is 4.04. The summed E-state index contributed by atoms with van der Waals surface area (Å²) in [6.45, 7) is 0.938. The molecule has 0 atom stereocenters. The average molecular weight is 542 g/mol. The van der Waals surface area contributed by atoms with Crippen LogP contribution in [0.1, 0.15) is 35.9 Å². The summed E-state index contributed by atoms with van der Waals surface area (Å²) in [6, 6.07) is 15.2. The van der Waals surface area contributed by atoms with E-state index in [1.54, 1.807) is 18.2 Å². The number of ketones is 1. The minimum Gasteiger partial charge on any atom is -0.480 e. The fourth-order valence-corrected chi connectivity index (χ4v) is 5.34. The number of sulfone groups is 1. The summed E-state index contributed by atoms with van der Waals surface area (Å²) in [4.78, 5) is 38.6. The topological polar surface area (TPSA) is 128 Å². The van der Waals surface area contributed by atoms with Crippen LogP contribution in [0.25, 0.3) is 21.9 Å². The molecule has 4 rings (SSSR count). The number of rotatable bonds is 9. The number of carboxylic acid groups (broad SMARTS) is 1. The summed E-state index contributed by atoms with van der Waals surface area (Å²) < 4.78 is 26.7. The monoisotopic (exact) mass is 541 g/mol. The Labute approximate surface area is 217 Å². The van der Waals surface area contributed by atoms with Crippen LogP contribution in [0.15, 0.2) is 64.4 Å². The zero-order valence-corrected chi connectivity index (χ0v) is 21.7. The summed E-state index contributed by atoms with van der Waals surface area (Å²) >= 11 is 6.29. The van der Waals surface area contributed by atoms with E-state index in [0.29, 0.717) is 33.3 Å². The van der Waals surface area contributed by atoms with Crippen molar-refractivity contribution >= 4 is 44.0 Å². The van der Waals surface area contributed by atoms with Crippen molar-refractivity contribution in [3.8, 4) is 11.1 Å². The van der Waals surface area contributed by atoms with Gasteiger partial charge in [0.25, 0.3) is 5.56 Å². The number of aliphatic carboxylic acids is 1. The number of aromatic nitrogens is 3. The van der Waals surface area contributed by atoms with Crippen molar-refractivity contribution in [2.24, 2.45) is 0 Å². The molecule has 192 valence electrons. The number of Topliss-reactive ketones (excluding diaryl/α,β-unsaturated/α-hetero) is 1. The third-order valence-electron chi connectivity index (χ3n) is 5.82. The molecule has 0 radical (unpaired) electrons. The maximum atomic E-state index is 13.7. The van der Waals surface area contributed by atoms with E-state index in [0.717, 1.165) is 10.9 Å². The van der Waals surface area contributed by atoms with Crippen LogP contribution in [0.4, 0.5) is 0 Å². The molecule has 2 aromatic carbocycles. The van der Waals surface area contributed by atoms with E-state index in [4.69, 9.17) is 11.6 Å². The first kappa shape index (κ1) is 26.3. The third kappa shape index (κ3) is 5.35. The molecule has 4 aromatic rings. The molecule has 0 aliphatic carbocycles. The fraction of sp³-hybridized carbons (Fsp3) is 0.231. The number of hydrogen-bond donors (Lipinski definition) is 1. The van der Waals surface area contributed by atoms with E-state index < -0.39 is 27.9 Å². The normalized spacial score (nSPS) is 11.6. The van der Waals surface area contributed by atoms with E-state index in [1.807, 2.05) is 37.3 Å². The zero-order valence-electron chi connectivity index (χ0n) is 20.1. The van der Waals surface area contributed by atoms with Crippen molar-refractivity contribution in [2.45, 2.75) is 37.9 Å². The van der Waals surface area contributed by atoms with Gasteiger partial charge in [-0.3, -0.25) is 19.0 Å². The number of benzene rings is 2. The minimum absolute atomic E-state index is 0.127. The number of fused-ring (bicyclic) bond motifs is 1. The molecule has 1 N–H and O–H groups in total. The number of hydrogen-bond acceptors (Lipinski definition) is 6. The Hall–Kier alpha value is -3.76. The Morgan fingerprint density at radius 3 is 2.38 bits per heavy atom. The summed E-state index contributed by atoms with van der Waals surface area (Å²) in [7, 11) is -3.82. The molecule has 2 heterocycles. The number of carbonyl (C=O) groups is 2. The summed E-state index contributed by atoms with van der Waals surface area (Å²) in [6.07, 6.45) is 1.66. The molecule has 0 saturated carbocycles. The Bertz CT molecular complexity index is 1690. The van der Waals surface area contributed by atoms with Gasteiger partial charge in [-0.25, -0.2) is 13.1 Å². The maximum absolute atomic E-state index is 13.7. The second-order valence-electron chi connectivity index (χ2n) is 8.64. The Morgan fingerprint density at radius 1 is 1.05 bits per heavy atom. The molecule has 0 aliphatic heterocycles. The minimum atomic E-state index is -3.82. The van der Waals surface area contributed by atoms with Gasteiger partial charge < -0.3 is 5.11 Å². The van der Waals surface area contributed by atoms with Gasteiger partial charge in [0.05, 0.1) is 17.9 Å². The van der Waals surface area contributed by atoms with Gasteiger partial charge in [0.2, 0.25) is 0 Å². The molecule has 0 bridgehead atoms. The van der Waals surface area contributed by atoms with Crippen LogP contribution < -0.4 is 5.56 Å². The summed E-state index contributed by atoms with van der Waals surface area (Å²) in [5.41, 5.74) is 1.04. The lowest BCUT2D eigenvalue weighted by Crippen LogP contribution is -2.28. The number of carbonyl (C=O) groups excluding carboxylic acids is 1. The molecule has 0 aliphatic rings. The molecule has 0 spiro atoms. The van der Waals surface area contributed by atoms with Gasteiger partial charge >= 0.3 is 5.97 Å². The number of pyridine rings is 1. The van der Waals surface area contributed by atoms with Crippen LogP contribution in [-0.2, 0) is 27.7 Å². The van der Waals surface area contributed by atoms with Crippen molar-refractivity contribution in [1.82, 2.24) is 14.3 Å². The number of nitrogens with zero attached hydrogens (tertiary/aromatic N) is 3. The molecule has 11 heteroatoms. The Balaban J connectivity index is 2.06. The van der Waals surface area contributed by atoms with E-state index in [9.17, 15) is 27.9 Å². The molecular weight excluding hydrogens is 518 g/mol. The lowest BCUT2D eigenvalue weighted by atomic mass is 9.94. The van der Waals surface area contributed by atoms with Gasteiger partial charge in [0.1, 0.15) is 6.54 Å². The molecule has 2 aromatic heterocycles. The van der Waals surface area contributed by atoms with Crippen molar-refractivity contribution in [1.29, 1.82) is 0 Å². The molecular formula is C26H24ClN3O6S. The van der Waals surface area contributed by atoms with E-state index in [-0.39, 0.29) is 35.2 Å². The van der Waals surface area contributed by atoms with Crippen molar-refractivity contribution in [3.63, 3.8) is 0 Å². The first-order valence-electron chi connectivity index (χ1n) is 11.4.